The van der Waals surface area contributed by atoms with Crippen molar-refractivity contribution in [2.45, 2.75) is 39.3 Å². The number of pyridine rings is 1. The summed E-state index contributed by atoms with van der Waals surface area (Å²) in [4.78, 5) is 15.8. The fourth-order valence-electron chi connectivity index (χ4n) is 1.52. The van der Waals surface area contributed by atoms with Gasteiger partial charge in [0.1, 0.15) is 5.69 Å². The van der Waals surface area contributed by atoms with Crippen molar-refractivity contribution in [1.29, 1.82) is 0 Å². The number of hydrogen-bond donors (Lipinski definition) is 2. The van der Waals surface area contributed by atoms with E-state index in [0.717, 1.165) is 25.0 Å². The van der Waals surface area contributed by atoms with Gasteiger partial charge in [-0.15, -0.1) is 0 Å². The maximum absolute atomic E-state index is 11.7. The smallest absolute Gasteiger partial charge is 0.269 e. The van der Waals surface area contributed by atoms with Crippen molar-refractivity contribution in [3.8, 4) is 0 Å². The molecule has 0 saturated heterocycles. The molecule has 0 radical (unpaired) electrons. The van der Waals surface area contributed by atoms with Crippen LogP contribution in [-0.4, -0.2) is 30.1 Å². The molecule has 0 bridgehead atoms. The summed E-state index contributed by atoms with van der Waals surface area (Å²) >= 11 is 0. The molecule has 5 nitrogen and oxygen atoms in total. The van der Waals surface area contributed by atoms with Crippen LogP contribution in [-0.2, 0) is 11.3 Å². The van der Waals surface area contributed by atoms with Crippen molar-refractivity contribution in [1.82, 2.24) is 10.3 Å². The first kappa shape index (κ1) is 15.6. The maximum Gasteiger partial charge on any atom is 0.269 e. The molecule has 0 unspecified atom stereocenters. The number of carbonyl (C=O) groups excluding carboxylic acids is 1. The molecule has 0 fully saturated rings. The third-order valence-corrected chi connectivity index (χ3v) is 2.60. The van der Waals surface area contributed by atoms with E-state index in [2.05, 4.69) is 10.3 Å². The zero-order chi connectivity index (χ0) is 14.1. The average molecular weight is 265 g/mol. The first-order valence-electron chi connectivity index (χ1n) is 6.68. The number of amides is 1. The number of nitrogens with two attached hydrogens (primary N) is 1. The summed E-state index contributed by atoms with van der Waals surface area (Å²) in [5.41, 5.74) is 6.82. The molecule has 1 aromatic rings. The van der Waals surface area contributed by atoms with Crippen molar-refractivity contribution in [3.05, 3.63) is 29.6 Å². The molecule has 1 rings (SSSR count). The highest BCUT2D eigenvalue weighted by atomic mass is 16.5. The number of nitrogens with one attached hydrogen (secondary N) is 1. The third kappa shape index (κ3) is 6.31. The molecule has 0 spiro atoms. The summed E-state index contributed by atoms with van der Waals surface area (Å²) in [6.07, 6.45) is 3.74. The van der Waals surface area contributed by atoms with E-state index in [1.807, 2.05) is 19.9 Å². The van der Waals surface area contributed by atoms with Gasteiger partial charge in [0, 0.05) is 25.9 Å². The van der Waals surface area contributed by atoms with E-state index in [9.17, 15) is 4.79 Å². The van der Waals surface area contributed by atoms with E-state index >= 15 is 0 Å². The number of hydrogen-bond acceptors (Lipinski definition) is 4. The van der Waals surface area contributed by atoms with Gasteiger partial charge < -0.3 is 15.8 Å². The molecule has 0 aliphatic rings. The van der Waals surface area contributed by atoms with Gasteiger partial charge in [-0.05, 0) is 38.3 Å². The van der Waals surface area contributed by atoms with E-state index in [1.54, 1.807) is 12.3 Å². The predicted molar refractivity (Wildman–Crippen MR) is 74.8 cm³/mol. The van der Waals surface area contributed by atoms with Gasteiger partial charge in [-0.2, -0.15) is 0 Å². The Kier molecular flexibility index (Phi) is 7.07. The van der Waals surface area contributed by atoms with Gasteiger partial charge in [-0.3, -0.25) is 9.78 Å². The molecule has 19 heavy (non-hydrogen) atoms. The Bertz CT molecular complexity index is 377. The van der Waals surface area contributed by atoms with E-state index in [1.165, 1.54) is 0 Å². The van der Waals surface area contributed by atoms with Crippen LogP contribution in [0.3, 0.4) is 0 Å². The normalized spacial score (nSPS) is 10.7. The lowest BCUT2D eigenvalue weighted by Gasteiger charge is -2.08. The minimum atomic E-state index is -0.145. The summed E-state index contributed by atoms with van der Waals surface area (Å²) in [5, 5.41) is 2.84. The van der Waals surface area contributed by atoms with Crippen LogP contribution in [0.2, 0.25) is 0 Å². The van der Waals surface area contributed by atoms with Crippen LogP contribution in [0.4, 0.5) is 0 Å². The minimum Gasteiger partial charge on any atom is -0.379 e. The Morgan fingerprint density at radius 2 is 2.21 bits per heavy atom. The number of nitrogens with zero attached hydrogens (tertiary/aromatic N) is 1. The molecule has 0 aromatic carbocycles. The fourth-order valence-corrected chi connectivity index (χ4v) is 1.52. The number of ether oxygens (including phenoxy) is 1. The fraction of sp³-hybridized carbons (Fsp3) is 0.571. The Balaban J connectivity index is 2.20. The van der Waals surface area contributed by atoms with E-state index in [4.69, 9.17) is 10.5 Å². The lowest BCUT2D eigenvalue weighted by molar-refractivity contribution is 0.0754. The van der Waals surface area contributed by atoms with E-state index in [-0.39, 0.29) is 12.0 Å². The van der Waals surface area contributed by atoms with Gasteiger partial charge in [0.15, 0.2) is 0 Å². The summed E-state index contributed by atoms with van der Waals surface area (Å²) < 4.78 is 5.42. The summed E-state index contributed by atoms with van der Waals surface area (Å²) in [6, 6.07) is 3.51. The summed E-state index contributed by atoms with van der Waals surface area (Å²) in [7, 11) is 0. The molecule has 5 heteroatoms. The van der Waals surface area contributed by atoms with Crippen LogP contribution < -0.4 is 11.1 Å². The molecular formula is C14H23N3O2. The molecule has 1 heterocycles. The largest absolute Gasteiger partial charge is 0.379 e. The predicted octanol–water partition coefficient (Wildman–Crippen LogP) is 1.48. The third-order valence-electron chi connectivity index (χ3n) is 2.60. The van der Waals surface area contributed by atoms with Crippen LogP contribution >= 0.6 is 0 Å². The zero-order valence-electron chi connectivity index (χ0n) is 11.7. The molecule has 0 atom stereocenters. The first-order chi connectivity index (χ1) is 9.13. The van der Waals surface area contributed by atoms with Gasteiger partial charge in [-0.1, -0.05) is 6.07 Å². The van der Waals surface area contributed by atoms with Gasteiger partial charge in [-0.25, -0.2) is 0 Å². The number of rotatable bonds is 8. The van der Waals surface area contributed by atoms with Gasteiger partial charge in [0.25, 0.3) is 5.91 Å². The maximum atomic E-state index is 11.7. The van der Waals surface area contributed by atoms with Crippen molar-refractivity contribution in [2.24, 2.45) is 5.73 Å². The summed E-state index contributed by atoms with van der Waals surface area (Å²) in [6.45, 7) is 5.83. The number of aromatic nitrogens is 1. The zero-order valence-corrected chi connectivity index (χ0v) is 11.7. The van der Waals surface area contributed by atoms with Crippen LogP contribution in [0.25, 0.3) is 0 Å². The Morgan fingerprint density at radius 1 is 1.42 bits per heavy atom. The van der Waals surface area contributed by atoms with Crippen LogP contribution in [0.15, 0.2) is 18.3 Å². The van der Waals surface area contributed by atoms with Gasteiger partial charge in [0.05, 0.1) is 6.10 Å². The highest BCUT2D eigenvalue weighted by molar-refractivity contribution is 5.92. The van der Waals surface area contributed by atoms with Crippen LogP contribution in [0, 0.1) is 0 Å². The lowest BCUT2D eigenvalue weighted by Crippen LogP contribution is -2.25. The quantitative estimate of drug-likeness (QED) is 0.698. The van der Waals surface area contributed by atoms with Crippen LogP contribution in [0.1, 0.15) is 42.7 Å². The molecule has 1 amide bonds. The monoisotopic (exact) mass is 265 g/mol. The Morgan fingerprint density at radius 3 is 2.79 bits per heavy atom. The number of unbranched alkanes of at least 4 members (excludes halogenated alkanes) is 1. The van der Waals surface area contributed by atoms with Crippen molar-refractivity contribution in [2.75, 3.05) is 13.2 Å². The second-order valence-electron chi connectivity index (χ2n) is 4.64. The van der Waals surface area contributed by atoms with Gasteiger partial charge >= 0.3 is 0 Å². The van der Waals surface area contributed by atoms with E-state index in [0.29, 0.717) is 18.8 Å². The second-order valence-corrected chi connectivity index (χ2v) is 4.64. The Hall–Kier alpha value is -1.46. The topological polar surface area (TPSA) is 77.2 Å². The molecule has 106 valence electrons. The molecule has 0 aliphatic heterocycles. The van der Waals surface area contributed by atoms with E-state index < -0.39 is 0 Å². The van der Waals surface area contributed by atoms with Crippen molar-refractivity contribution < 1.29 is 9.53 Å². The molecule has 0 aliphatic carbocycles. The second kappa shape index (κ2) is 8.61. The first-order valence-corrected chi connectivity index (χ1v) is 6.68. The molecular weight excluding hydrogens is 242 g/mol. The molecule has 0 saturated carbocycles. The van der Waals surface area contributed by atoms with Crippen molar-refractivity contribution >= 4 is 5.91 Å². The average Bonchev–Trinajstić information content (AvgIpc) is 2.42. The standard InChI is InChI=1S/C14H23N3O2/c1-11(2)19-8-4-3-7-16-14(18)13-6-5-12(9-15)10-17-13/h5-6,10-11H,3-4,7-9,15H2,1-2H3,(H,16,18). The van der Waals surface area contributed by atoms with Gasteiger partial charge in [0.2, 0.25) is 0 Å². The molecule has 3 N–H and O–H groups in total. The van der Waals surface area contributed by atoms with Crippen molar-refractivity contribution in [3.63, 3.8) is 0 Å². The minimum absolute atomic E-state index is 0.145. The SMILES string of the molecule is CC(C)OCCCCNC(=O)c1ccc(CN)cn1. The Labute approximate surface area is 114 Å². The summed E-state index contributed by atoms with van der Waals surface area (Å²) in [5.74, 6) is -0.145. The molecule has 1 aromatic heterocycles. The lowest BCUT2D eigenvalue weighted by atomic mass is 10.2. The highest BCUT2D eigenvalue weighted by Crippen LogP contribution is 1.99. The number of carbonyl (C=O) groups is 1. The van der Waals surface area contributed by atoms with Crippen LogP contribution in [0.5, 0.6) is 0 Å². The highest BCUT2D eigenvalue weighted by Gasteiger charge is 2.05.